The minimum Gasteiger partial charge on any atom is -0.464 e. The van der Waals surface area contributed by atoms with Gasteiger partial charge in [0.2, 0.25) is 17.3 Å². The fourth-order valence-electron chi connectivity index (χ4n) is 1.48. The Kier molecular flexibility index (Phi) is 3.66. The molecule has 2 aromatic rings. The van der Waals surface area contributed by atoms with E-state index >= 15 is 0 Å². The summed E-state index contributed by atoms with van der Waals surface area (Å²) in [5.41, 5.74) is 0.760. The van der Waals surface area contributed by atoms with Gasteiger partial charge in [-0.3, -0.25) is 0 Å². The van der Waals surface area contributed by atoms with Crippen LogP contribution in [-0.2, 0) is 9.47 Å². The van der Waals surface area contributed by atoms with Crippen LogP contribution < -0.4 is 0 Å². The molecule has 0 amide bonds. The molecule has 0 spiro atoms. The summed E-state index contributed by atoms with van der Waals surface area (Å²) in [6.45, 7) is 1.88. The molecule has 0 unspecified atom stereocenters. The van der Waals surface area contributed by atoms with Gasteiger partial charge in [0, 0.05) is 0 Å². The number of rotatable bonds is 3. The van der Waals surface area contributed by atoms with Crippen molar-refractivity contribution in [2.45, 2.75) is 6.92 Å². The molecule has 6 nitrogen and oxygen atoms in total. The van der Waals surface area contributed by atoms with Gasteiger partial charge in [-0.1, -0.05) is 0 Å². The zero-order valence-corrected chi connectivity index (χ0v) is 11.4. The number of nitrogens with zero attached hydrogens (tertiary/aromatic N) is 1. The van der Waals surface area contributed by atoms with Crippen LogP contribution in [0.1, 0.15) is 26.6 Å². The molecular formula is C12H11NO5S. The number of carbonyl (C=O) groups excluding carboxylic acids is 2. The van der Waals surface area contributed by atoms with Crippen LogP contribution in [0.3, 0.4) is 0 Å². The SMILES string of the molecule is COC(=O)c1nc(-c2sccc2C)oc1C(=O)OC. The van der Waals surface area contributed by atoms with Gasteiger partial charge < -0.3 is 13.9 Å². The van der Waals surface area contributed by atoms with E-state index in [4.69, 9.17) is 4.42 Å². The minimum atomic E-state index is -0.770. The predicted molar refractivity (Wildman–Crippen MR) is 67.2 cm³/mol. The average Bonchev–Trinajstić information content (AvgIpc) is 3.02. The van der Waals surface area contributed by atoms with Crippen molar-refractivity contribution in [2.24, 2.45) is 0 Å². The first kappa shape index (κ1) is 13.3. The lowest BCUT2D eigenvalue weighted by Crippen LogP contribution is -2.10. The molecule has 19 heavy (non-hydrogen) atoms. The summed E-state index contributed by atoms with van der Waals surface area (Å²) in [4.78, 5) is 27.9. The Labute approximate surface area is 113 Å². The first-order valence-electron chi connectivity index (χ1n) is 5.30. The largest absolute Gasteiger partial charge is 0.464 e. The second-order valence-electron chi connectivity index (χ2n) is 3.61. The van der Waals surface area contributed by atoms with Gasteiger partial charge >= 0.3 is 11.9 Å². The second kappa shape index (κ2) is 5.23. The van der Waals surface area contributed by atoms with Gasteiger partial charge in [0.05, 0.1) is 19.1 Å². The minimum absolute atomic E-state index is 0.183. The number of aryl methyl sites for hydroxylation is 1. The van der Waals surface area contributed by atoms with E-state index in [0.717, 1.165) is 10.4 Å². The van der Waals surface area contributed by atoms with Crippen LogP contribution in [0.25, 0.3) is 10.8 Å². The number of esters is 2. The molecule has 100 valence electrons. The lowest BCUT2D eigenvalue weighted by Gasteiger charge is -1.96. The van der Waals surface area contributed by atoms with E-state index in [0.29, 0.717) is 0 Å². The summed E-state index contributed by atoms with van der Waals surface area (Å²) in [7, 11) is 2.40. The fraction of sp³-hybridized carbons (Fsp3) is 0.250. The zero-order chi connectivity index (χ0) is 14.0. The van der Waals surface area contributed by atoms with Crippen molar-refractivity contribution in [3.8, 4) is 10.8 Å². The second-order valence-corrected chi connectivity index (χ2v) is 4.53. The van der Waals surface area contributed by atoms with Crippen molar-refractivity contribution in [3.05, 3.63) is 28.5 Å². The molecule has 0 aliphatic heterocycles. The molecule has 2 rings (SSSR count). The first-order valence-corrected chi connectivity index (χ1v) is 6.18. The summed E-state index contributed by atoms with van der Waals surface area (Å²) >= 11 is 1.40. The maximum absolute atomic E-state index is 11.6. The van der Waals surface area contributed by atoms with Crippen molar-refractivity contribution in [3.63, 3.8) is 0 Å². The Morgan fingerprint density at radius 1 is 1.26 bits per heavy atom. The first-order chi connectivity index (χ1) is 9.08. The third-order valence-electron chi connectivity index (χ3n) is 2.43. The molecule has 2 heterocycles. The Morgan fingerprint density at radius 3 is 2.47 bits per heavy atom. The van der Waals surface area contributed by atoms with Crippen molar-refractivity contribution in [1.82, 2.24) is 4.98 Å². The maximum atomic E-state index is 11.6. The number of hydrogen-bond donors (Lipinski definition) is 0. The van der Waals surface area contributed by atoms with Gasteiger partial charge in [-0.25, -0.2) is 14.6 Å². The highest BCUT2D eigenvalue weighted by atomic mass is 32.1. The zero-order valence-electron chi connectivity index (χ0n) is 10.6. The molecule has 7 heteroatoms. The number of aromatic nitrogens is 1. The van der Waals surface area contributed by atoms with Crippen molar-refractivity contribution < 1.29 is 23.5 Å². The highest BCUT2D eigenvalue weighted by Gasteiger charge is 2.28. The Balaban J connectivity index is 2.55. The third kappa shape index (κ3) is 2.37. The molecule has 0 aliphatic rings. The lowest BCUT2D eigenvalue weighted by molar-refractivity contribution is 0.0527. The third-order valence-corrected chi connectivity index (χ3v) is 3.44. The highest BCUT2D eigenvalue weighted by Crippen LogP contribution is 2.30. The van der Waals surface area contributed by atoms with Gasteiger partial charge in [0.25, 0.3) is 0 Å². The van der Waals surface area contributed by atoms with Gasteiger partial charge in [-0.05, 0) is 23.9 Å². The molecule has 2 aromatic heterocycles. The van der Waals surface area contributed by atoms with Crippen LogP contribution in [0, 0.1) is 6.92 Å². The summed E-state index contributed by atoms with van der Waals surface area (Å²) in [6, 6.07) is 1.89. The van der Waals surface area contributed by atoms with E-state index in [-0.39, 0.29) is 17.3 Å². The summed E-state index contributed by atoms with van der Waals surface area (Å²) in [5.74, 6) is -1.57. The number of thiophene rings is 1. The molecule has 0 aromatic carbocycles. The molecule has 0 atom stereocenters. The van der Waals surface area contributed by atoms with Gasteiger partial charge in [-0.2, -0.15) is 0 Å². The Hall–Kier alpha value is -2.15. The Bertz CT molecular complexity index is 594. The lowest BCUT2D eigenvalue weighted by atomic mass is 10.3. The number of hydrogen-bond acceptors (Lipinski definition) is 7. The number of carbonyl (C=O) groups is 2. The summed E-state index contributed by atoms with van der Waals surface area (Å²) < 4.78 is 14.5. The Morgan fingerprint density at radius 2 is 1.95 bits per heavy atom. The van der Waals surface area contributed by atoms with E-state index in [1.165, 1.54) is 25.6 Å². The fourth-order valence-corrected chi connectivity index (χ4v) is 2.33. The van der Waals surface area contributed by atoms with Crippen molar-refractivity contribution in [1.29, 1.82) is 0 Å². The molecule has 0 aliphatic carbocycles. The standard InChI is InChI=1S/C12H11NO5S/c1-6-4-5-19-9(6)10-13-7(11(14)16-2)8(18-10)12(15)17-3/h4-5H,1-3H3. The topological polar surface area (TPSA) is 78.6 Å². The van der Waals surface area contributed by atoms with Crippen molar-refractivity contribution in [2.75, 3.05) is 14.2 Å². The van der Waals surface area contributed by atoms with Crippen LogP contribution in [0.15, 0.2) is 15.9 Å². The van der Waals surface area contributed by atoms with E-state index in [2.05, 4.69) is 14.5 Å². The molecule has 0 N–H and O–H groups in total. The number of oxazole rings is 1. The molecule has 0 saturated heterocycles. The molecular weight excluding hydrogens is 270 g/mol. The van der Waals surface area contributed by atoms with E-state index in [1.54, 1.807) is 0 Å². The monoisotopic (exact) mass is 281 g/mol. The molecule has 0 radical (unpaired) electrons. The maximum Gasteiger partial charge on any atom is 0.376 e. The van der Waals surface area contributed by atoms with Crippen LogP contribution in [0.2, 0.25) is 0 Å². The van der Waals surface area contributed by atoms with Crippen LogP contribution in [0.4, 0.5) is 0 Å². The number of methoxy groups -OCH3 is 2. The van der Waals surface area contributed by atoms with Crippen molar-refractivity contribution >= 4 is 23.3 Å². The quantitative estimate of drug-likeness (QED) is 0.803. The molecule has 0 bridgehead atoms. The predicted octanol–water partition coefficient (Wildman–Crippen LogP) is 2.28. The number of ether oxygens (including phenoxy) is 2. The summed E-state index contributed by atoms with van der Waals surface area (Å²) in [6.07, 6.45) is 0. The van der Waals surface area contributed by atoms with Gasteiger partial charge in [0.1, 0.15) is 0 Å². The highest BCUT2D eigenvalue weighted by molar-refractivity contribution is 7.13. The van der Waals surface area contributed by atoms with Gasteiger partial charge in [-0.15, -0.1) is 11.3 Å². The molecule has 0 fully saturated rings. The van der Waals surface area contributed by atoms with Crippen LogP contribution in [-0.4, -0.2) is 31.1 Å². The average molecular weight is 281 g/mol. The van der Waals surface area contributed by atoms with Crippen LogP contribution >= 0.6 is 11.3 Å². The summed E-state index contributed by atoms with van der Waals surface area (Å²) in [5, 5.41) is 1.87. The smallest absolute Gasteiger partial charge is 0.376 e. The van der Waals surface area contributed by atoms with E-state index in [9.17, 15) is 9.59 Å². The van der Waals surface area contributed by atoms with Gasteiger partial charge in [0.15, 0.2) is 0 Å². The van der Waals surface area contributed by atoms with Crippen LogP contribution in [0.5, 0.6) is 0 Å². The van der Waals surface area contributed by atoms with E-state index < -0.39 is 11.9 Å². The normalized spacial score (nSPS) is 10.3. The van der Waals surface area contributed by atoms with E-state index in [1.807, 2.05) is 18.4 Å². The molecule has 0 saturated carbocycles.